The molecule has 18 heavy (non-hydrogen) atoms. The highest BCUT2D eigenvalue weighted by Crippen LogP contribution is 2.30. The van der Waals surface area contributed by atoms with Crippen LogP contribution in [0.4, 0.5) is 0 Å². The number of carbonyl (C=O) groups excluding carboxylic acids is 1. The van der Waals surface area contributed by atoms with Crippen molar-refractivity contribution in [3.63, 3.8) is 0 Å². The molecule has 1 aliphatic heterocycles. The maximum absolute atomic E-state index is 12.0. The molecule has 1 N–H and O–H groups in total. The normalized spacial score (nSPS) is 23.1. The van der Waals surface area contributed by atoms with Crippen LogP contribution >= 0.6 is 12.4 Å². The SMILES string of the molecule is CC1(C)CCCN(C(=O)CNCC2CC2)CC1.Cl. The van der Waals surface area contributed by atoms with Gasteiger partial charge in [-0.2, -0.15) is 0 Å². The third-order valence-corrected chi connectivity index (χ3v) is 4.10. The Hall–Kier alpha value is -0.280. The van der Waals surface area contributed by atoms with Crippen molar-refractivity contribution in [2.75, 3.05) is 26.2 Å². The molecule has 0 unspecified atom stereocenters. The van der Waals surface area contributed by atoms with Crippen LogP contribution in [-0.2, 0) is 4.79 Å². The zero-order chi connectivity index (χ0) is 12.3. The van der Waals surface area contributed by atoms with Crippen LogP contribution in [0, 0.1) is 11.3 Å². The van der Waals surface area contributed by atoms with Gasteiger partial charge in [0.25, 0.3) is 0 Å². The van der Waals surface area contributed by atoms with Crippen LogP contribution in [0.25, 0.3) is 0 Å². The first kappa shape index (κ1) is 15.8. The Bertz CT molecular complexity index is 277. The largest absolute Gasteiger partial charge is 0.342 e. The number of halogens is 1. The second-order valence-electron chi connectivity index (χ2n) is 6.47. The number of hydrogen-bond donors (Lipinski definition) is 1. The third kappa shape index (κ3) is 5.15. The lowest BCUT2D eigenvalue weighted by atomic mass is 9.85. The first-order valence-electron chi connectivity index (χ1n) is 7.05. The van der Waals surface area contributed by atoms with Crippen molar-refractivity contribution in [3.05, 3.63) is 0 Å². The molecule has 2 aliphatic rings. The van der Waals surface area contributed by atoms with E-state index in [1.807, 2.05) is 0 Å². The number of hydrogen-bond acceptors (Lipinski definition) is 2. The van der Waals surface area contributed by atoms with E-state index in [1.54, 1.807) is 0 Å². The van der Waals surface area contributed by atoms with E-state index in [2.05, 4.69) is 24.1 Å². The second-order valence-corrected chi connectivity index (χ2v) is 6.47. The van der Waals surface area contributed by atoms with Gasteiger partial charge < -0.3 is 10.2 Å². The summed E-state index contributed by atoms with van der Waals surface area (Å²) in [6.07, 6.45) is 6.23. The predicted molar refractivity (Wildman–Crippen MR) is 77.1 cm³/mol. The summed E-state index contributed by atoms with van der Waals surface area (Å²) in [6.45, 7) is 8.09. The van der Waals surface area contributed by atoms with Gasteiger partial charge in [-0.1, -0.05) is 13.8 Å². The molecule has 106 valence electrons. The fraction of sp³-hybridized carbons (Fsp3) is 0.929. The van der Waals surface area contributed by atoms with Crippen molar-refractivity contribution in [2.24, 2.45) is 11.3 Å². The Morgan fingerprint density at radius 3 is 2.67 bits per heavy atom. The summed E-state index contributed by atoms with van der Waals surface area (Å²) in [4.78, 5) is 14.1. The molecule has 1 saturated carbocycles. The predicted octanol–water partition coefficient (Wildman–Crippen LogP) is 2.45. The molecule has 1 amide bonds. The van der Waals surface area contributed by atoms with Gasteiger partial charge in [-0.05, 0) is 50.0 Å². The molecular weight excluding hydrogens is 248 g/mol. The van der Waals surface area contributed by atoms with Crippen molar-refractivity contribution in [1.82, 2.24) is 10.2 Å². The average Bonchev–Trinajstić information content (AvgIpc) is 3.06. The smallest absolute Gasteiger partial charge is 0.236 e. The quantitative estimate of drug-likeness (QED) is 0.854. The Kier molecular flexibility index (Phi) is 5.93. The van der Waals surface area contributed by atoms with Gasteiger partial charge in [-0.15, -0.1) is 12.4 Å². The van der Waals surface area contributed by atoms with E-state index in [0.717, 1.165) is 38.4 Å². The molecule has 4 heteroatoms. The minimum absolute atomic E-state index is 0. The lowest BCUT2D eigenvalue weighted by molar-refractivity contribution is -0.130. The number of rotatable bonds is 4. The first-order valence-corrected chi connectivity index (χ1v) is 7.05. The second kappa shape index (κ2) is 6.76. The van der Waals surface area contributed by atoms with Gasteiger partial charge in [0.2, 0.25) is 5.91 Å². The van der Waals surface area contributed by atoms with Crippen molar-refractivity contribution < 1.29 is 4.79 Å². The highest BCUT2D eigenvalue weighted by molar-refractivity contribution is 5.85. The molecule has 0 aromatic rings. The van der Waals surface area contributed by atoms with Crippen LogP contribution < -0.4 is 5.32 Å². The van der Waals surface area contributed by atoms with Crippen molar-refractivity contribution in [1.29, 1.82) is 0 Å². The number of nitrogens with zero attached hydrogens (tertiary/aromatic N) is 1. The molecule has 0 atom stereocenters. The lowest BCUT2D eigenvalue weighted by Gasteiger charge is -2.23. The fourth-order valence-corrected chi connectivity index (χ4v) is 2.49. The van der Waals surface area contributed by atoms with E-state index in [-0.39, 0.29) is 12.4 Å². The van der Waals surface area contributed by atoms with Crippen LogP contribution in [0.15, 0.2) is 0 Å². The van der Waals surface area contributed by atoms with Gasteiger partial charge >= 0.3 is 0 Å². The zero-order valence-corrected chi connectivity index (χ0v) is 12.5. The number of likely N-dealkylation sites (tertiary alicyclic amines) is 1. The maximum atomic E-state index is 12.0. The molecule has 0 spiro atoms. The molecule has 2 fully saturated rings. The monoisotopic (exact) mass is 274 g/mol. The van der Waals surface area contributed by atoms with E-state index >= 15 is 0 Å². The average molecular weight is 275 g/mol. The highest BCUT2D eigenvalue weighted by atomic mass is 35.5. The number of nitrogens with one attached hydrogen (secondary N) is 1. The minimum Gasteiger partial charge on any atom is -0.342 e. The van der Waals surface area contributed by atoms with Crippen LogP contribution in [0.5, 0.6) is 0 Å². The molecular formula is C14H27ClN2O. The topological polar surface area (TPSA) is 32.3 Å². The number of amides is 1. The summed E-state index contributed by atoms with van der Waals surface area (Å²) in [5, 5.41) is 3.29. The summed E-state index contributed by atoms with van der Waals surface area (Å²) >= 11 is 0. The van der Waals surface area contributed by atoms with E-state index in [9.17, 15) is 4.79 Å². The molecule has 3 nitrogen and oxygen atoms in total. The minimum atomic E-state index is 0. The Morgan fingerprint density at radius 2 is 2.00 bits per heavy atom. The molecule has 1 heterocycles. The van der Waals surface area contributed by atoms with E-state index < -0.39 is 0 Å². The number of carbonyl (C=O) groups is 1. The van der Waals surface area contributed by atoms with Gasteiger partial charge in [0.15, 0.2) is 0 Å². The summed E-state index contributed by atoms with van der Waals surface area (Å²) in [5.74, 6) is 1.15. The van der Waals surface area contributed by atoms with Gasteiger partial charge in [0, 0.05) is 13.1 Å². The molecule has 0 bridgehead atoms. The van der Waals surface area contributed by atoms with E-state index in [0.29, 0.717) is 17.9 Å². The van der Waals surface area contributed by atoms with Crippen molar-refractivity contribution >= 4 is 18.3 Å². The van der Waals surface area contributed by atoms with Crippen LogP contribution in [0.2, 0.25) is 0 Å². The van der Waals surface area contributed by atoms with E-state index in [4.69, 9.17) is 0 Å². The molecule has 1 saturated heterocycles. The molecule has 1 aliphatic carbocycles. The Labute approximate surface area is 117 Å². The van der Waals surface area contributed by atoms with Crippen LogP contribution in [-0.4, -0.2) is 37.0 Å². The maximum Gasteiger partial charge on any atom is 0.236 e. The highest BCUT2D eigenvalue weighted by Gasteiger charge is 2.25. The fourth-order valence-electron chi connectivity index (χ4n) is 2.49. The van der Waals surface area contributed by atoms with Crippen molar-refractivity contribution in [2.45, 2.75) is 46.0 Å². The molecule has 0 aromatic carbocycles. The van der Waals surface area contributed by atoms with Crippen LogP contribution in [0.1, 0.15) is 46.0 Å². The summed E-state index contributed by atoms with van der Waals surface area (Å²) in [7, 11) is 0. The summed E-state index contributed by atoms with van der Waals surface area (Å²) in [5.41, 5.74) is 0.413. The van der Waals surface area contributed by atoms with Crippen LogP contribution in [0.3, 0.4) is 0 Å². The molecule has 0 radical (unpaired) electrons. The molecule has 0 aromatic heterocycles. The van der Waals surface area contributed by atoms with E-state index in [1.165, 1.54) is 19.3 Å². The Morgan fingerprint density at radius 1 is 1.28 bits per heavy atom. The zero-order valence-electron chi connectivity index (χ0n) is 11.7. The Balaban J connectivity index is 0.00000162. The summed E-state index contributed by atoms with van der Waals surface area (Å²) < 4.78 is 0. The first-order chi connectivity index (χ1) is 8.07. The standard InChI is InChI=1S/C14H26N2O.ClH/c1-14(2)6-3-8-16(9-7-14)13(17)11-15-10-12-4-5-12;/h12,15H,3-11H2,1-2H3;1H. The van der Waals surface area contributed by atoms with Gasteiger partial charge in [0.1, 0.15) is 0 Å². The van der Waals surface area contributed by atoms with Gasteiger partial charge in [-0.3, -0.25) is 4.79 Å². The van der Waals surface area contributed by atoms with Crippen molar-refractivity contribution in [3.8, 4) is 0 Å². The van der Waals surface area contributed by atoms with Gasteiger partial charge in [-0.25, -0.2) is 0 Å². The third-order valence-electron chi connectivity index (χ3n) is 4.10. The summed E-state index contributed by atoms with van der Waals surface area (Å²) in [6, 6.07) is 0. The lowest BCUT2D eigenvalue weighted by Crippen LogP contribution is -2.39. The molecule has 2 rings (SSSR count). The van der Waals surface area contributed by atoms with Gasteiger partial charge in [0.05, 0.1) is 6.54 Å².